The number of amidine groups is 1. The molecule has 3 heterocycles. The average molecular weight is 422 g/mol. The summed E-state index contributed by atoms with van der Waals surface area (Å²) in [5.74, 6) is 1.04. The van der Waals surface area contributed by atoms with Crippen LogP contribution in [0.15, 0.2) is 44.6 Å². The van der Waals surface area contributed by atoms with Crippen molar-refractivity contribution in [1.82, 2.24) is 9.80 Å². The molecular weight excluding hydrogens is 405 g/mol. The number of halogens is 2. The molecule has 8 heteroatoms. The van der Waals surface area contributed by atoms with Gasteiger partial charge < -0.3 is 14.2 Å². The molecule has 140 valence electrons. The smallest absolute Gasteiger partial charge is 0.286 e. The second-order valence-corrected chi connectivity index (χ2v) is 8.25. The van der Waals surface area contributed by atoms with Gasteiger partial charge in [-0.05, 0) is 49.1 Å². The Kier molecular flexibility index (Phi) is 5.32. The molecule has 1 amide bonds. The third kappa shape index (κ3) is 4.09. The number of amides is 1. The highest BCUT2D eigenvalue weighted by atomic mass is 35.5. The van der Waals surface area contributed by atoms with Gasteiger partial charge in [0.25, 0.3) is 5.91 Å². The van der Waals surface area contributed by atoms with Crippen LogP contribution < -0.4 is 0 Å². The Balaban J connectivity index is 1.49. The fourth-order valence-corrected chi connectivity index (χ4v) is 4.14. The molecule has 1 aromatic heterocycles. The third-order valence-corrected chi connectivity index (χ3v) is 6.27. The number of likely N-dealkylation sites (N-methyl/N-ethyl adjacent to an activating group) is 1. The fraction of sp³-hybridized carbons (Fsp3) is 0.263. The largest absolute Gasteiger partial charge is 0.457 e. The lowest BCUT2D eigenvalue weighted by Crippen LogP contribution is -2.46. The standard InChI is InChI=1S/C19H17Cl2N3O2S/c1-23-6-8-24(9-7-23)19-22-18(25)17(27-19)11-13-3-5-16(26-13)12-2-4-14(20)15(21)10-12/h2-5,10-11H,6-9H2,1H3. The van der Waals surface area contributed by atoms with Gasteiger partial charge in [0.15, 0.2) is 5.17 Å². The molecule has 0 radical (unpaired) electrons. The Morgan fingerprint density at radius 1 is 1.11 bits per heavy atom. The van der Waals surface area contributed by atoms with Crippen LogP contribution >= 0.6 is 35.0 Å². The molecule has 0 unspecified atom stereocenters. The van der Waals surface area contributed by atoms with Gasteiger partial charge in [-0.15, -0.1) is 0 Å². The number of furan rings is 1. The highest BCUT2D eigenvalue weighted by Gasteiger charge is 2.28. The lowest BCUT2D eigenvalue weighted by atomic mass is 10.2. The first kappa shape index (κ1) is 18.6. The van der Waals surface area contributed by atoms with Crippen LogP contribution in [0.25, 0.3) is 17.4 Å². The molecule has 0 N–H and O–H groups in total. The number of carbonyl (C=O) groups is 1. The molecule has 0 aliphatic carbocycles. The van der Waals surface area contributed by atoms with E-state index in [1.54, 1.807) is 18.2 Å². The number of rotatable bonds is 2. The average Bonchev–Trinajstić information content (AvgIpc) is 3.26. The van der Waals surface area contributed by atoms with Crippen molar-refractivity contribution in [3.8, 4) is 11.3 Å². The molecule has 0 spiro atoms. The number of thioether (sulfide) groups is 1. The van der Waals surface area contributed by atoms with Gasteiger partial charge in [-0.2, -0.15) is 4.99 Å². The monoisotopic (exact) mass is 421 g/mol. The van der Waals surface area contributed by atoms with Crippen molar-refractivity contribution in [2.75, 3.05) is 33.2 Å². The molecule has 1 aromatic carbocycles. The quantitative estimate of drug-likeness (QED) is 0.669. The molecule has 4 rings (SSSR count). The number of aliphatic imine (C=N–C) groups is 1. The van der Waals surface area contributed by atoms with E-state index in [0.29, 0.717) is 26.5 Å². The first-order chi connectivity index (χ1) is 13.0. The summed E-state index contributed by atoms with van der Waals surface area (Å²) in [6.45, 7) is 3.70. The van der Waals surface area contributed by atoms with Crippen LogP contribution in [0, 0.1) is 0 Å². The molecular formula is C19H17Cl2N3O2S. The first-order valence-corrected chi connectivity index (χ1v) is 10.1. The van der Waals surface area contributed by atoms with E-state index >= 15 is 0 Å². The number of nitrogens with zero attached hydrogens (tertiary/aromatic N) is 3. The van der Waals surface area contributed by atoms with Gasteiger partial charge >= 0.3 is 0 Å². The molecule has 2 aromatic rings. The summed E-state index contributed by atoms with van der Waals surface area (Å²) in [5.41, 5.74) is 0.828. The number of hydrogen-bond acceptors (Lipinski definition) is 5. The van der Waals surface area contributed by atoms with E-state index in [1.807, 2.05) is 18.2 Å². The SMILES string of the molecule is CN1CCN(C2=NC(=O)C(=Cc3ccc(-c4ccc(Cl)c(Cl)c4)o3)S2)CC1. The van der Waals surface area contributed by atoms with Gasteiger partial charge in [0.05, 0.1) is 15.0 Å². The second kappa shape index (κ2) is 7.72. The Bertz CT molecular complexity index is 946. The minimum atomic E-state index is -0.221. The maximum Gasteiger partial charge on any atom is 0.286 e. The Morgan fingerprint density at radius 2 is 1.89 bits per heavy atom. The Morgan fingerprint density at radius 3 is 2.63 bits per heavy atom. The zero-order valence-corrected chi connectivity index (χ0v) is 16.9. The van der Waals surface area contributed by atoms with Crippen LogP contribution in [-0.4, -0.2) is 54.1 Å². The minimum Gasteiger partial charge on any atom is -0.457 e. The van der Waals surface area contributed by atoms with Gasteiger partial charge in [0.1, 0.15) is 11.5 Å². The molecule has 0 saturated carbocycles. The van der Waals surface area contributed by atoms with Crippen LogP contribution in [0.5, 0.6) is 0 Å². The number of carbonyl (C=O) groups excluding carboxylic acids is 1. The lowest BCUT2D eigenvalue weighted by molar-refractivity contribution is -0.113. The van der Waals surface area contributed by atoms with Crippen molar-refractivity contribution in [1.29, 1.82) is 0 Å². The summed E-state index contributed by atoms with van der Waals surface area (Å²) in [5, 5.41) is 1.74. The van der Waals surface area contributed by atoms with E-state index in [1.165, 1.54) is 11.8 Å². The first-order valence-electron chi connectivity index (χ1n) is 8.51. The topological polar surface area (TPSA) is 49.0 Å². The van der Waals surface area contributed by atoms with Gasteiger partial charge in [-0.25, -0.2) is 0 Å². The van der Waals surface area contributed by atoms with Gasteiger partial charge in [-0.1, -0.05) is 23.2 Å². The van der Waals surface area contributed by atoms with E-state index in [0.717, 1.165) is 36.9 Å². The molecule has 2 aliphatic rings. The summed E-state index contributed by atoms with van der Waals surface area (Å²) in [6, 6.07) is 8.99. The van der Waals surface area contributed by atoms with Crippen LogP contribution in [0.2, 0.25) is 10.0 Å². The van der Waals surface area contributed by atoms with E-state index in [4.69, 9.17) is 27.6 Å². The summed E-state index contributed by atoms with van der Waals surface area (Å²) in [4.78, 5) is 21.5. The Labute approximate surface area is 171 Å². The van der Waals surface area contributed by atoms with Crippen LogP contribution in [0.1, 0.15) is 5.76 Å². The van der Waals surface area contributed by atoms with Crippen LogP contribution in [-0.2, 0) is 4.79 Å². The zero-order valence-electron chi connectivity index (χ0n) is 14.6. The molecule has 5 nitrogen and oxygen atoms in total. The summed E-state index contributed by atoms with van der Waals surface area (Å²) in [6.07, 6.45) is 1.74. The van der Waals surface area contributed by atoms with Crippen molar-refractivity contribution in [2.24, 2.45) is 4.99 Å². The van der Waals surface area contributed by atoms with Crippen LogP contribution in [0.3, 0.4) is 0 Å². The highest BCUT2D eigenvalue weighted by molar-refractivity contribution is 8.18. The van der Waals surface area contributed by atoms with Crippen molar-refractivity contribution >= 4 is 52.1 Å². The summed E-state index contributed by atoms with van der Waals surface area (Å²) >= 11 is 13.4. The summed E-state index contributed by atoms with van der Waals surface area (Å²) in [7, 11) is 2.10. The van der Waals surface area contributed by atoms with E-state index in [2.05, 4.69) is 21.8 Å². The molecule has 0 bridgehead atoms. The number of benzene rings is 1. The lowest BCUT2D eigenvalue weighted by Gasteiger charge is -2.32. The zero-order chi connectivity index (χ0) is 19.0. The number of piperazine rings is 1. The molecule has 2 aliphatic heterocycles. The van der Waals surface area contributed by atoms with Crippen molar-refractivity contribution in [3.63, 3.8) is 0 Å². The molecule has 1 fully saturated rings. The van der Waals surface area contributed by atoms with Crippen LogP contribution in [0.4, 0.5) is 0 Å². The third-order valence-electron chi connectivity index (χ3n) is 4.49. The maximum atomic E-state index is 12.3. The van der Waals surface area contributed by atoms with Gasteiger partial charge in [0.2, 0.25) is 0 Å². The Hall–Kier alpha value is -1.73. The van der Waals surface area contributed by atoms with Crippen molar-refractivity contribution in [2.45, 2.75) is 0 Å². The van der Waals surface area contributed by atoms with Crippen molar-refractivity contribution < 1.29 is 9.21 Å². The fourth-order valence-electron chi connectivity index (χ4n) is 2.90. The van der Waals surface area contributed by atoms with Gasteiger partial charge in [-0.3, -0.25) is 4.79 Å². The van der Waals surface area contributed by atoms with E-state index in [9.17, 15) is 4.79 Å². The highest BCUT2D eigenvalue weighted by Crippen LogP contribution is 2.33. The molecule has 1 saturated heterocycles. The van der Waals surface area contributed by atoms with Crippen molar-refractivity contribution in [3.05, 3.63) is 51.0 Å². The summed E-state index contributed by atoms with van der Waals surface area (Å²) < 4.78 is 5.85. The number of hydrogen-bond donors (Lipinski definition) is 0. The molecule has 0 atom stereocenters. The minimum absolute atomic E-state index is 0.221. The second-order valence-electron chi connectivity index (χ2n) is 6.43. The van der Waals surface area contributed by atoms with Gasteiger partial charge in [0, 0.05) is 37.8 Å². The van der Waals surface area contributed by atoms with E-state index in [-0.39, 0.29) is 5.91 Å². The predicted octanol–water partition coefficient (Wildman–Crippen LogP) is 4.47. The molecule has 27 heavy (non-hydrogen) atoms. The predicted molar refractivity (Wildman–Crippen MR) is 111 cm³/mol. The maximum absolute atomic E-state index is 12.3. The normalized spacial score (nSPS) is 19.8. The van der Waals surface area contributed by atoms with E-state index < -0.39 is 0 Å².